The minimum atomic E-state index is 0.630. The van der Waals surface area contributed by atoms with Gasteiger partial charge in [-0.1, -0.05) is 0 Å². The molecule has 0 spiro atoms. The molecule has 4 heteroatoms. The van der Waals surface area contributed by atoms with Crippen molar-refractivity contribution >= 4 is 0 Å². The molecule has 0 saturated carbocycles. The molecule has 1 aromatic heterocycles. The summed E-state index contributed by atoms with van der Waals surface area (Å²) in [6, 6.07) is 10.1. The number of ether oxygens (including phenoxy) is 3. The van der Waals surface area contributed by atoms with Gasteiger partial charge in [-0.15, -0.1) is 0 Å². The van der Waals surface area contributed by atoms with Crippen molar-refractivity contribution in [1.82, 2.24) is 4.57 Å². The number of hydrogen-bond donors (Lipinski definition) is 0. The second-order valence-electron chi connectivity index (χ2n) is 3.51. The normalized spacial score (nSPS) is 10.1. The van der Waals surface area contributed by atoms with Crippen LogP contribution in [0.4, 0.5) is 0 Å². The Morgan fingerprint density at radius 3 is 2.53 bits per heavy atom. The van der Waals surface area contributed by atoms with Crippen molar-refractivity contribution in [3.05, 3.63) is 36.5 Å². The third-order valence-electron chi connectivity index (χ3n) is 2.41. The Morgan fingerprint density at radius 2 is 1.94 bits per heavy atom. The van der Waals surface area contributed by atoms with Gasteiger partial charge in [0.15, 0.2) is 11.5 Å². The third kappa shape index (κ3) is 2.36. The molecule has 0 aliphatic rings. The van der Waals surface area contributed by atoms with Crippen LogP contribution >= 0.6 is 0 Å². The van der Waals surface area contributed by atoms with Gasteiger partial charge in [0, 0.05) is 31.4 Å². The number of aryl methyl sites for hydroxylation is 1. The van der Waals surface area contributed by atoms with Gasteiger partial charge >= 0.3 is 0 Å². The molecule has 0 aliphatic heterocycles. The van der Waals surface area contributed by atoms with E-state index in [0.717, 1.165) is 5.75 Å². The molecule has 1 radical (unpaired) electrons. The summed E-state index contributed by atoms with van der Waals surface area (Å²) in [5, 5.41) is 0. The van der Waals surface area contributed by atoms with Crippen LogP contribution in [0.5, 0.6) is 23.1 Å². The topological polar surface area (TPSA) is 32.6 Å². The van der Waals surface area contributed by atoms with Crippen LogP contribution in [0.2, 0.25) is 0 Å². The average molecular weight is 232 g/mol. The molecule has 1 aromatic carbocycles. The maximum atomic E-state index is 5.72. The van der Waals surface area contributed by atoms with Gasteiger partial charge in [-0.2, -0.15) is 0 Å². The van der Waals surface area contributed by atoms with E-state index < -0.39 is 0 Å². The zero-order chi connectivity index (χ0) is 12.3. The SMILES string of the molecule is COc1ccc(Oc2c[c]cn2C)c(OC)c1. The van der Waals surface area contributed by atoms with E-state index in [1.54, 1.807) is 32.5 Å². The molecule has 0 fully saturated rings. The first-order chi connectivity index (χ1) is 8.24. The molecule has 0 unspecified atom stereocenters. The van der Waals surface area contributed by atoms with Gasteiger partial charge in [-0.25, -0.2) is 0 Å². The first kappa shape index (κ1) is 11.4. The largest absolute Gasteiger partial charge is 0.497 e. The molecule has 4 nitrogen and oxygen atoms in total. The first-order valence-corrected chi connectivity index (χ1v) is 5.17. The van der Waals surface area contributed by atoms with Crippen LogP contribution in [-0.4, -0.2) is 18.8 Å². The summed E-state index contributed by atoms with van der Waals surface area (Å²) in [5.41, 5.74) is 0. The van der Waals surface area contributed by atoms with Gasteiger partial charge in [0.2, 0.25) is 5.88 Å². The molecule has 2 aromatic rings. The van der Waals surface area contributed by atoms with Crippen LogP contribution < -0.4 is 14.2 Å². The molecule has 0 amide bonds. The van der Waals surface area contributed by atoms with E-state index in [0.29, 0.717) is 17.4 Å². The van der Waals surface area contributed by atoms with Crippen molar-refractivity contribution in [1.29, 1.82) is 0 Å². The summed E-state index contributed by atoms with van der Waals surface area (Å²) in [6.07, 6.45) is 1.80. The quantitative estimate of drug-likeness (QED) is 0.812. The Balaban J connectivity index is 2.29. The average Bonchev–Trinajstić information content (AvgIpc) is 2.75. The van der Waals surface area contributed by atoms with Crippen LogP contribution in [0.1, 0.15) is 0 Å². The second-order valence-corrected chi connectivity index (χ2v) is 3.51. The van der Waals surface area contributed by atoms with Crippen molar-refractivity contribution in [2.24, 2.45) is 7.05 Å². The number of rotatable bonds is 4. The lowest BCUT2D eigenvalue weighted by molar-refractivity contribution is 0.361. The van der Waals surface area contributed by atoms with Crippen LogP contribution in [0.25, 0.3) is 0 Å². The fraction of sp³-hybridized carbons (Fsp3) is 0.231. The number of methoxy groups -OCH3 is 2. The fourth-order valence-corrected chi connectivity index (χ4v) is 1.46. The highest BCUT2D eigenvalue weighted by Gasteiger charge is 2.08. The first-order valence-electron chi connectivity index (χ1n) is 5.17. The molecule has 0 aliphatic carbocycles. The van der Waals surface area contributed by atoms with Gasteiger partial charge in [0.05, 0.1) is 14.2 Å². The minimum Gasteiger partial charge on any atom is -0.497 e. The molecular weight excluding hydrogens is 218 g/mol. The molecule has 0 atom stereocenters. The smallest absolute Gasteiger partial charge is 0.200 e. The van der Waals surface area contributed by atoms with E-state index >= 15 is 0 Å². The zero-order valence-corrected chi connectivity index (χ0v) is 10.1. The highest BCUT2D eigenvalue weighted by Crippen LogP contribution is 2.34. The Labute approximate surface area is 100 Å². The molecule has 0 N–H and O–H groups in total. The Morgan fingerprint density at radius 1 is 1.12 bits per heavy atom. The Bertz CT molecular complexity index is 505. The number of aromatic nitrogens is 1. The molecular formula is C13H14NO3. The molecule has 0 bridgehead atoms. The van der Waals surface area contributed by atoms with Gasteiger partial charge in [-0.3, -0.25) is 0 Å². The molecule has 89 valence electrons. The second kappa shape index (κ2) is 4.82. The van der Waals surface area contributed by atoms with Gasteiger partial charge in [0.1, 0.15) is 5.75 Å². The van der Waals surface area contributed by atoms with Gasteiger partial charge in [0.25, 0.3) is 0 Å². The number of hydrogen-bond acceptors (Lipinski definition) is 3. The van der Waals surface area contributed by atoms with Crippen LogP contribution in [0.3, 0.4) is 0 Å². The van der Waals surface area contributed by atoms with Crippen molar-refractivity contribution in [3.63, 3.8) is 0 Å². The van der Waals surface area contributed by atoms with Crippen molar-refractivity contribution in [2.75, 3.05) is 14.2 Å². The lowest BCUT2D eigenvalue weighted by atomic mass is 10.3. The summed E-state index contributed by atoms with van der Waals surface area (Å²) in [6.45, 7) is 0. The van der Waals surface area contributed by atoms with Crippen molar-refractivity contribution < 1.29 is 14.2 Å². The summed E-state index contributed by atoms with van der Waals surface area (Å²) >= 11 is 0. The summed E-state index contributed by atoms with van der Waals surface area (Å²) in [4.78, 5) is 0. The van der Waals surface area contributed by atoms with Gasteiger partial charge in [-0.05, 0) is 12.1 Å². The lowest BCUT2D eigenvalue weighted by Crippen LogP contribution is -1.95. The predicted molar refractivity (Wildman–Crippen MR) is 63.9 cm³/mol. The highest BCUT2D eigenvalue weighted by atomic mass is 16.5. The van der Waals surface area contributed by atoms with E-state index in [9.17, 15) is 0 Å². The van der Waals surface area contributed by atoms with Crippen molar-refractivity contribution in [3.8, 4) is 23.1 Å². The maximum absolute atomic E-state index is 5.72. The summed E-state index contributed by atoms with van der Waals surface area (Å²) < 4.78 is 17.9. The zero-order valence-electron chi connectivity index (χ0n) is 10.1. The van der Waals surface area contributed by atoms with Crippen molar-refractivity contribution in [2.45, 2.75) is 0 Å². The number of benzene rings is 1. The van der Waals surface area contributed by atoms with Crippen LogP contribution in [-0.2, 0) is 7.05 Å². The Kier molecular flexibility index (Phi) is 3.23. The lowest BCUT2D eigenvalue weighted by Gasteiger charge is -2.11. The minimum absolute atomic E-state index is 0.630. The van der Waals surface area contributed by atoms with Gasteiger partial charge < -0.3 is 18.8 Å². The standard InChI is InChI=1S/C13H14NO3/c1-14-8-4-5-13(14)17-11-7-6-10(15-2)9-12(11)16-3/h5-9H,1-3H3. The summed E-state index contributed by atoms with van der Waals surface area (Å²) in [7, 11) is 5.10. The van der Waals surface area contributed by atoms with E-state index in [2.05, 4.69) is 6.07 Å². The fourth-order valence-electron chi connectivity index (χ4n) is 1.46. The van der Waals surface area contributed by atoms with E-state index in [-0.39, 0.29) is 0 Å². The maximum Gasteiger partial charge on any atom is 0.200 e. The van der Waals surface area contributed by atoms with E-state index in [1.807, 2.05) is 23.7 Å². The third-order valence-corrected chi connectivity index (χ3v) is 2.41. The van der Waals surface area contributed by atoms with Crippen LogP contribution in [0, 0.1) is 6.07 Å². The molecule has 17 heavy (non-hydrogen) atoms. The van der Waals surface area contributed by atoms with Crippen LogP contribution in [0.15, 0.2) is 30.5 Å². The number of nitrogens with zero attached hydrogens (tertiary/aromatic N) is 1. The molecule has 2 rings (SSSR count). The summed E-state index contributed by atoms with van der Waals surface area (Å²) in [5.74, 6) is 2.70. The molecule has 0 saturated heterocycles. The predicted octanol–water partition coefficient (Wildman–Crippen LogP) is 2.63. The monoisotopic (exact) mass is 232 g/mol. The Hall–Kier alpha value is -2.10. The van der Waals surface area contributed by atoms with E-state index in [1.165, 1.54) is 0 Å². The highest BCUT2D eigenvalue weighted by molar-refractivity contribution is 5.47. The van der Waals surface area contributed by atoms with E-state index in [4.69, 9.17) is 14.2 Å². The molecule has 1 heterocycles.